The number of carbonyl (C=O) groups is 4. The summed E-state index contributed by atoms with van der Waals surface area (Å²) < 4.78 is 44.5. The molecule has 9 aliphatic heterocycles. The number of likely N-dealkylation sites (tertiary alicyclic amines) is 5. The Bertz CT molecular complexity index is 4230. The molecule has 33 heteroatoms. The first-order valence-corrected chi connectivity index (χ1v) is 56.7. The molecule has 23 nitrogen and oxygen atoms in total. The average molecular weight is 2360 g/mol. The van der Waals surface area contributed by atoms with Gasteiger partial charge in [-0.1, -0.05) is 168 Å². The summed E-state index contributed by atoms with van der Waals surface area (Å²) in [5, 5.41) is 62.9. The molecule has 4 spiro atoms. The maximum Gasteiger partial charge on any atom is 1.00 e. The van der Waals surface area contributed by atoms with Gasteiger partial charge in [0.25, 0.3) is 0 Å². The Hall–Kier alpha value is -1.16. The third kappa shape index (κ3) is 42.4. The van der Waals surface area contributed by atoms with Gasteiger partial charge in [0.1, 0.15) is 23.1 Å². The fourth-order valence-corrected chi connectivity index (χ4v) is 23.9. The average Bonchev–Trinajstić information content (AvgIpc) is 1.21. The van der Waals surface area contributed by atoms with E-state index in [1.54, 1.807) is 0 Å². The summed E-state index contributed by atoms with van der Waals surface area (Å²) in [5.74, 6) is 1.77. The molecule has 16 fully saturated rings. The molecule has 5 aromatic carbocycles. The van der Waals surface area contributed by atoms with Crippen molar-refractivity contribution < 1.29 is 150 Å². The van der Waals surface area contributed by atoms with Gasteiger partial charge < -0.3 is 71.4 Å². The van der Waals surface area contributed by atoms with Gasteiger partial charge >= 0.3 is 59.1 Å². The van der Waals surface area contributed by atoms with E-state index in [2.05, 4.69) is 238 Å². The minimum absolute atomic E-state index is 0. The quantitative estimate of drug-likeness (QED) is 0.0445. The standard InChI is InChI=1S/C20H29NO3.C18H27NO2.2C18H25NO2.C12H15NO.C8H13BrO2.C8H14O3.C8H12O3.CBr4.2B.ClH.2Na.2H/c22-19(18-6-8-20(9-7-18)23-14-15-24-20)10-12-21(13-11-19)16-17-4-2-1-3-5-17;3*20-17-8-6-16(7-9-17)18(21)10-12-19(13-11-18)14-15-4-2-1-3-5-15;14-12-6-8-13(9-7-12)10-11-4-2-1-3-5-11;3*9-7-1-3-8(4-2-7)10-5-6-11-8;2-1(3,4)5;;;;;;;/h1-5,18,22H,6-16H2;1-5,16-17,20-21H,6-14H2;2*1-5,16,21H,6-14H2;1-5H,6-10H2;7H,1-6H2;7,9H,1-6H2;1-6H2;;;;1H;;;;/q;;;;;;;;;;;;2*+1;2*-1. The molecule has 0 amide bonds. The smallest absolute Gasteiger partial charge is 1.00 e. The van der Waals surface area contributed by atoms with Gasteiger partial charge in [0.15, 0.2) is 24.2 Å². The van der Waals surface area contributed by atoms with Gasteiger partial charge in [0.05, 0.1) is 87.5 Å². The molecule has 0 atom stereocenters. The van der Waals surface area contributed by atoms with Gasteiger partial charge in [0.2, 0.25) is 0 Å². The zero-order chi connectivity index (χ0) is 98.1. The van der Waals surface area contributed by atoms with Crippen molar-refractivity contribution in [3.8, 4) is 0 Å². The predicted octanol–water partition coefficient (Wildman–Crippen LogP) is 13.6. The van der Waals surface area contributed by atoms with Crippen molar-refractivity contribution in [3.63, 3.8) is 0 Å². The van der Waals surface area contributed by atoms with E-state index in [0.29, 0.717) is 103 Å². The molecular formula is C111H163B2Br5ClN5Na2O18. The summed E-state index contributed by atoms with van der Waals surface area (Å²) in [5.41, 5.74) is 4.67. The molecular weight excluding hydrogens is 2190 g/mol. The molecule has 9 saturated heterocycles. The number of alkyl halides is 5. The van der Waals surface area contributed by atoms with Gasteiger partial charge in [-0.2, -0.15) is 0 Å². The fraction of sp³-hybridized carbons (Fsp3) is 0.694. The first kappa shape index (κ1) is 128. The number of nitrogens with zero attached hydrogens (tertiary/aromatic N) is 5. The number of aliphatic hydroxyl groups excluding tert-OH is 2. The molecule has 0 unspecified atom stereocenters. The minimum atomic E-state index is -0.534. The Morgan fingerprint density at radius 2 is 0.465 bits per heavy atom. The van der Waals surface area contributed by atoms with Crippen LogP contribution in [0.5, 0.6) is 0 Å². The van der Waals surface area contributed by atoms with Crippen LogP contribution in [-0.4, -0.2) is 277 Å². The zero-order valence-corrected chi connectivity index (χ0v) is 98.6. The van der Waals surface area contributed by atoms with Crippen LogP contribution in [0.3, 0.4) is 0 Å². The van der Waals surface area contributed by atoms with Crippen LogP contribution in [0.25, 0.3) is 0 Å². The third-order valence-electron chi connectivity index (χ3n) is 32.3. The molecule has 0 aromatic heterocycles. The van der Waals surface area contributed by atoms with Crippen molar-refractivity contribution in [1.82, 2.24) is 24.5 Å². The Morgan fingerprint density at radius 3 is 0.722 bits per heavy atom. The summed E-state index contributed by atoms with van der Waals surface area (Å²) >= 11 is 16.1. The number of Topliss-reactive ketones (excluding diaryl/α,β-unsaturated/α-hetero) is 4. The van der Waals surface area contributed by atoms with E-state index >= 15 is 0 Å². The minimum Gasteiger partial charge on any atom is -1.00 e. The molecule has 6 N–H and O–H groups in total. The maximum absolute atomic E-state index is 11.4. The van der Waals surface area contributed by atoms with E-state index < -0.39 is 22.4 Å². The van der Waals surface area contributed by atoms with Crippen LogP contribution >= 0.6 is 92.1 Å². The first-order valence-electron chi connectivity index (χ1n) is 52.6. The van der Waals surface area contributed by atoms with Crippen LogP contribution in [0.4, 0.5) is 0 Å². The Kier molecular flexibility index (Phi) is 56.8. The van der Waals surface area contributed by atoms with Crippen molar-refractivity contribution in [1.29, 1.82) is 0 Å². The van der Waals surface area contributed by atoms with Crippen LogP contribution in [0.2, 0.25) is 0 Å². The molecule has 21 rings (SSSR count). The molecule has 7 saturated carbocycles. The molecule has 5 aromatic rings. The van der Waals surface area contributed by atoms with Crippen molar-refractivity contribution in [2.24, 2.45) is 23.7 Å². The molecule has 9 heterocycles. The van der Waals surface area contributed by atoms with Crippen LogP contribution < -0.4 is 59.1 Å². The topological polar surface area (TPSA) is 280 Å². The number of rotatable bonds is 14. The number of halogens is 6. The largest absolute Gasteiger partial charge is 1.00 e. The van der Waals surface area contributed by atoms with E-state index in [1.807, 2.05) is 18.2 Å². The van der Waals surface area contributed by atoms with Crippen LogP contribution in [-0.2, 0) is 89.8 Å². The Balaban J connectivity index is 0.000000255. The number of carbonyl (C=O) groups excluding carboxylic acids is 4. The SMILES string of the molecule is BrC(Br)(Br)Br.BrC1CCC2(CC1)OCCO2.Cl.O=C1CCC(C2(O)CCN(Cc3ccccc3)CC2)CC1.O=C1CCC(C2(O)CCN(Cc3ccccc3)CC2)CC1.O=C1CCC2(CC1)OCCO2.O=C1CCN(Cc2ccccc2)CC1.OC1(C2CCC3(CC2)OCCO3)CCN(Cc2ccccc2)CC1.OC1CCC(C2(O)CCN(Cc3ccccc3)CC2)CC1.OC1CCC2(CC1)OCCO2.[B].[B].[H-].[H-].[Na+].[Na+]. The number of ketones is 4. The molecule has 16 aliphatic rings. The molecule has 790 valence electrons. The number of hydrogen-bond acceptors (Lipinski definition) is 23. The van der Waals surface area contributed by atoms with Crippen molar-refractivity contribution in [3.05, 3.63) is 179 Å². The normalized spacial score (nSPS) is 26.0. The molecule has 7 aliphatic carbocycles. The summed E-state index contributed by atoms with van der Waals surface area (Å²) in [7, 11) is 0. The fourth-order valence-electron chi connectivity index (χ4n) is 23.5. The van der Waals surface area contributed by atoms with Crippen LogP contribution in [0.1, 0.15) is 275 Å². The summed E-state index contributed by atoms with van der Waals surface area (Å²) in [6.45, 7) is 20.3. The number of piperidine rings is 5. The number of aliphatic hydroxyl groups is 6. The van der Waals surface area contributed by atoms with E-state index in [-0.39, 0.29) is 128 Å². The second-order valence-electron chi connectivity index (χ2n) is 42.0. The van der Waals surface area contributed by atoms with E-state index in [1.165, 1.54) is 40.7 Å². The predicted molar refractivity (Wildman–Crippen MR) is 581 cm³/mol. The number of benzene rings is 5. The van der Waals surface area contributed by atoms with Gasteiger partial charge in [-0.05, 0) is 256 Å². The Labute approximate surface area is 958 Å². The van der Waals surface area contributed by atoms with Crippen LogP contribution in [0.15, 0.2) is 152 Å². The van der Waals surface area contributed by atoms with E-state index in [0.717, 1.165) is 330 Å². The van der Waals surface area contributed by atoms with Gasteiger partial charge in [0, 0.05) is 223 Å². The maximum atomic E-state index is 11.4. The second kappa shape index (κ2) is 63.9. The van der Waals surface area contributed by atoms with Crippen molar-refractivity contribution in [2.45, 2.75) is 340 Å². The van der Waals surface area contributed by atoms with Crippen molar-refractivity contribution >= 4 is 132 Å². The summed E-state index contributed by atoms with van der Waals surface area (Å²) in [4.78, 5) is 57.4. The van der Waals surface area contributed by atoms with Crippen molar-refractivity contribution in [2.75, 3.05) is 118 Å². The third-order valence-corrected chi connectivity index (χ3v) is 33.2. The van der Waals surface area contributed by atoms with E-state index in [9.17, 15) is 49.8 Å². The monoisotopic (exact) mass is 2350 g/mol. The second-order valence-corrected chi connectivity index (χ2v) is 54.4. The van der Waals surface area contributed by atoms with E-state index in [4.69, 9.17) is 37.9 Å². The summed E-state index contributed by atoms with van der Waals surface area (Å²) in [6.07, 6.45) is 32.5. The Morgan fingerprint density at radius 1 is 0.271 bits per heavy atom. The van der Waals surface area contributed by atoms with Gasteiger partial charge in [-0.3, -0.25) is 43.7 Å². The van der Waals surface area contributed by atoms with Gasteiger partial charge in [-0.15, -0.1) is 12.4 Å². The van der Waals surface area contributed by atoms with Gasteiger partial charge in [-0.25, -0.2) is 0 Å². The molecule has 0 bridgehead atoms. The number of ether oxygens (including phenoxy) is 8. The zero-order valence-electron chi connectivity index (χ0n) is 87.9. The molecule has 6 radical (unpaired) electrons. The molecule has 144 heavy (non-hydrogen) atoms. The number of hydrogen-bond donors (Lipinski definition) is 6. The van der Waals surface area contributed by atoms with Crippen LogP contribution in [0, 0.1) is 23.7 Å². The first-order chi connectivity index (χ1) is 66.9. The summed E-state index contributed by atoms with van der Waals surface area (Å²) in [6, 6.07) is 52.7.